The van der Waals surface area contributed by atoms with Crippen LogP contribution >= 0.6 is 0 Å². The summed E-state index contributed by atoms with van der Waals surface area (Å²) in [4.78, 5) is 4.33. The smallest absolute Gasteiger partial charge is 0.242 e. The Morgan fingerprint density at radius 3 is 2.33 bits per heavy atom. The highest BCUT2D eigenvalue weighted by Crippen LogP contribution is 2.33. The van der Waals surface area contributed by atoms with Crippen LogP contribution in [0.2, 0.25) is 0 Å². The van der Waals surface area contributed by atoms with Gasteiger partial charge in [-0.3, -0.25) is 4.98 Å². The van der Waals surface area contributed by atoms with Gasteiger partial charge in [-0.2, -0.15) is 0 Å². The van der Waals surface area contributed by atoms with Gasteiger partial charge in [0.2, 0.25) is 10.0 Å². The van der Waals surface area contributed by atoms with Crippen LogP contribution in [0, 0.1) is 5.82 Å². The van der Waals surface area contributed by atoms with E-state index in [1.165, 1.54) is 23.5 Å². The third-order valence-corrected chi connectivity index (χ3v) is 8.08. The molecule has 0 amide bonds. The van der Waals surface area contributed by atoms with E-state index in [1.54, 1.807) is 26.5 Å². The Morgan fingerprint density at radius 2 is 1.64 bits per heavy atom. The first-order valence-electron chi connectivity index (χ1n) is 11.6. The zero-order chi connectivity index (χ0) is 25.7. The van der Waals surface area contributed by atoms with Crippen molar-refractivity contribution in [1.29, 1.82) is 0 Å². The van der Waals surface area contributed by atoms with Gasteiger partial charge in [0.15, 0.2) is 11.5 Å². The summed E-state index contributed by atoms with van der Waals surface area (Å²) in [7, 11) is 0.828. The molecule has 1 heterocycles. The molecule has 0 N–H and O–H groups in total. The fourth-order valence-electron chi connectivity index (χ4n) is 4.17. The molecular formula is C28H29FN2O4S. The molecule has 4 aromatic rings. The molecule has 0 spiro atoms. The highest BCUT2D eigenvalue weighted by atomic mass is 32.2. The summed E-state index contributed by atoms with van der Waals surface area (Å²) in [6, 6.07) is 19.4. The maximum Gasteiger partial charge on any atom is 0.242 e. The van der Waals surface area contributed by atoms with E-state index in [4.69, 9.17) is 9.47 Å². The number of benzene rings is 3. The van der Waals surface area contributed by atoms with Gasteiger partial charge in [-0.15, -0.1) is 0 Å². The normalized spacial score (nSPS) is 11.7. The minimum absolute atomic E-state index is 0.0584. The largest absolute Gasteiger partial charge is 0.493 e. The summed E-state index contributed by atoms with van der Waals surface area (Å²) >= 11 is 0. The third kappa shape index (κ3) is 5.50. The number of halogens is 1. The number of methoxy groups -OCH3 is 2. The van der Waals surface area contributed by atoms with Crippen molar-refractivity contribution in [2.24, 2.45) is 0 Å². The molecule has 0 bridgehead atoms. The lowest BCUT2D eigenvalue weighted by molar-refractivity contribution is 0.356. The maximum absolute atomic E-state index is 15.1. The predicted octanol–water partition coefficient (Wildman–Crippen LogP) is 5.24. The van der Waals surface area contributed by atoms with Gasteiger partial charge in [0.1, 0.15) is 5.82 Å². The van der Waals surface area contributed by atoms with Gasteiger partial charge in [-0.1, -0.05) is 36.4 Å². The molecular weight excluding hydrogens is 479 g/mol. The second kappa shape index (κ2) is 11.1. The van der Waals surface area contributed by atoms with Gasteiger partial charge in [0.05, 0.1) is 24.6 Å². The standard InChI is InChI=1S/C28H29FN2O4S/c1-31(15-7-10-20-8-5-4-6-9-20)36(32,33)23-12-11-22(25(29)17-23)16-21-13-14-30-26-19-28(35-3)27(34-2)18-24(21)26/h4-6,8-9,11-14,17-19H,7,10,15-16H2,1-3H3. The molecule has 4 rings (SSSR count). The summed E-state index contributed by atoms with van der Waals surface area (Å²) in [6.45, 7) is 0.342. The molecule has 6 nitrogen and oxygen atoms in total. The maximum atomic E-state index is 15.1. The minimum Gasteiger partial charge on any atom is -0.493 e. The molecule has 0 fully saturated rings. The van der Waals surface area contributed by atoms with E-state index in [2.05, 4.69) is 4.98 Å². The van der Waals surface area contributed by atoms with Crippen LogP contribution in [0.1, 0.15) is 23.1 Å². The van der Waals surface area contributed by atoms with Crippen molar-refractivity contribution in [1.82, 2.24) is 9.29 Å². The second-order valence-electron chi connectivity index (χ2n) is 8.54. The molecule has 0 aliphatic heterocycles. The number of sulfonamides is 1. The van der Waals surface area contributed by atoms with Crippen LogP contribution in [0.3, 0.4) is 0 Å². The summed E-state index contributed by atoms with van der Waals surface area (Å²) in [5, 5.41) is 0.810. The lowest BCUT2D eigenvalue weighted by Crippen LogP contribution is -2.28. The number of ether oxygens (including phenoxy) is 2. The van der Waals surface area contributed by atoms with E-state index >= 15 is 4.39 Å². The molecule has 0 aliphatic carbocycles. The Labute approximate surface area is 211 Å². The van der Waals surface area contributed by atoms with E-state index in [0.717, 1.165) is 29.0 Å². The van der Waals surface area contributed by atoms with Crippen LogP contribution in [0.4, 0.5) is 4.39 Å². The monoisotopic (exact) mass is 508 g/mol. The van der Waals surface area contributed by atoms with Gasteiger partial charge in [-0.05, 0) is 53.8 Å². The van der Waals surface area contributed by atoms with E-state index < -0.39 is 15.8 Å². The topological polar surface area (TPSA) is 68.7 Å². The molecule has 188 valence electrons. The van der Waals surface area contributed by atoms with Crippen molar-refractivity contribution in [3.05, 3.63) is 95.4 Å². The summed E-state index contributed by atoms with van der Waals surface area (Å²) in [5.41, 5.74) is 3.08. The lowest BCUT2D eigenvalue weighted by atomic mass is 10.0. The summed E-state index contributed by atoms with van der Waals surface area (Å²) in [6.07, 6.45) is 3.37. The number of fused-ring (bicyclic) bond motifs is 1. The molecule has 3 aromatic carbocycles. The van der Waals surface area contributed by atoms with Gasteiger partial charge in [0.25, 0.3) is 0 Å². The van der Waals surface area contributed by atoms with Crippen LogP contribution < -0.4 is 9.47 Å². The molecule has 1 aromatic heterocycles. The molecule has 0 radical (unpaired) electrons. The fraction of sp³-hybridized carbons (Fsp3) is 0.250. The fourth-order valence-corrected chi connectivity index (χ4v) is 5.39. The Bertz CT molecular complexity index is 1460. The Kier molecular flexibility index (Phi) is 7.86. The predicted molar refractivity (Wildman–Crippen MR) is 139 cm³/mol. The molecule has 0 aliphatic rings. The minimum atomic E-state index is -3.80. The molecule has 0 atom stereocenters. The van der Waals surface area contributed by atoms with Crippen LogP contribution in [0.15, 0.2) is 77.8 Å². The zero-order valence-corrected chi connectivity index (χ0v) is 21.4. The van der Waals surface area contributed by atoms with Crippen molar-refractivity contribution in [2.75, 3.05) is 27.8 Å². The molecule has 0 unspecified atom stereocenters. The zero-order valence-electron chi connectivity index (χ0n) is 20.6. The van der Waals surface area contributed by atoms with Crippen LogP contribution in [-0.4, -0.2) is 45.5 Å². The number of rotatable bonds is 10. The molecule has 8 heteroatoms. The number of hydrogen-bond acceptors (Lipinski definition) is 5. The first-order chi connectivity index (χ1) is 17.3. The molecule has 36 heavy (non-hydrogen) atoms. The Morgan fingerprint density at radius 1 is 0.917 bits per heavy atom. The second-order valence-corrected chi connectivity index (χ2v) is 10.6. The van der Waals surface area contributed by atoms with Crippen molar-refractivity contribution >= 4 is 20.9 Å². The van der Waals surface area contributed by atoms with Crippen LogP contribution in [0.25, 0.3) is 10.9 Å². The van der Waals surface area contributed by atoms with E-state index in [-0.39, 0.29) is 11.3 Å². The van der Waals surface area contributed by atoms with Crippen molar-refractivity contribution in [3.63, 3.8) is 0 Å². The first kappa shape index (κ1) is 25.6. The highest BCUT2D eigenvalue weighted by molar-refractivity contribution is 7.89. The third-order valence-electron chi connectivity index (χ3n) is 6.23. The summed E-state index contributed by atoms with van der Waals surface area (Å²) < 4.78 is 53.2. The number of pyridine rings is 1. The number of nitrogens with zero attached hydrogens (tertiary/aromatic N) is 2. The quantitative estimate of drug-likeness (QED) is 0.293. The van der Waals surface area contributed by atoms with Crippen molar-refractivity contribution < 1.29 is 22.3 Å². The Balaban J connectivity index is 1.52. The van der Waals surface area contributed by atoms with Crippen molar-refractivity contribution in [2.45, 2.75) is 24.2 Å². The Hall–Kier alpha value is -3.49. The van der Waals surface area contributed by atoms with E-state index in [0.29, 0.717) is 35.5 Å². The number of aryl methyl sites for hydroxylation is 1. The van der Waals surface area contributed by atoms with Crippen LogP contribution in [0.5, 0.6) is 11.5 Å². The van der Waals surface area contributed by atoms with Gasteiger partial charge < -0.3 is 9.47 Å². The van der Waals surface area contributed by atoms with Gasteiger partial charge in [0, 0.05) is 37.7 Å². The molecule has 0 saturated heterocycles. The van der Waals surface area contributed by atoms with E-state index in [1.807, 2.05) is 42.5 Å². The average molecular weight is 509 g/mol. The van der Waals surface area contributed by atoms with Gasteiger partial charge >= 0.3 is 0 Å². The number of aromatic nitrogens is 1. The van der Waals surface area contributed by atoms with Gasteiger partial charge in [-0.25, -0.2) is 17.1 Å². The summed E-state index contributed by atoms with van der Waals surface area (Å²) in [5.74, 6) is 0.541. The van der Waals surface area contributed by atoms with Crippen LogP contribution in [-0.2, 0) is 22.9 Å². The molecule has 0 saturated carbocycles. The lowest BCUT2D eigenvalue weighted by Gasteiger charge is -2.18. The highest BCUT2D eigenvalue weighted by Gasteiger charge is 2.22. The van der Waals surface area contributed by atoms with Crippen molar-refractivity contribution in [3.8, 4) is 11.5 Å². The SMILES string of the molecule is COc1cc2nccc(Cc3ccc(S(=O)(=O)N(C)CCCc4ccccc4)cc3F)c2cc1OC. The van der Waals surface area contributed by atoms with E-state index in [9.17, 15) is 8.42 Å². The average Bonchev–Trinajstić information content (AvgIpc) is 2.89. The first-order valence-corrected chi connectivity index (χ1v) is 13.1. The number of hydrogen-bond donors (Lipinski definition) is 0.